The van der Waals surface area contributed by atoms with Gasteiger partial charge in [0.15, 0.2) is 5.82 Å². The standard InChI is InChI=1S/C19H12BrN3O/c20-13-8-10-14(11-9-13)24-19-15-5-1-2-6-16(15)22-18(23-19)17-7-3-4-12-21-17/h1-12H. The number of benzene rings is 2. The molecule has 0 atom stereocenters. The maximum Gasteiger partial charge on any atom is 0.230 e. The molecular weight excluding hydrogens is 366 g/mol. The minimum Gasteiger partial charge on any atom is -0.438 e. The van der Waals surface area contributed by atoms with Crippen LogP contribution in [0.5, 0.6) is 11.6 Å². The highest BCUT2D eigenvalue weighted by molar-refractivity contribution is 9.10. The van der Waals surface area contributed by atoms with Gasteiger partial charge < -0.3 is 4.74 Å². The molecule has 2 heterocycles. The molecule has 4 aromatic rings. The molecule has 0 unspecified atom stereocenters. The zero-order valence-corrected chi connectivity index (χ0v) is 14.1. The van der Waals surface area contributed by atoms with E-state index < -0.39 is 0 Å². The molecule has 0 saturated carbocycles. The van der Waals surface area contributed by atoms with Gasteiger partial charge in [-0.15, -0.1) is 0 Å². The first-order valence-corrected chi connectivity index (χ1v) is 8.20. The molecule has 0 saturated heterocycles. The fourth-order valence-corrected chi connectivity index (χ4v) is 2.61. The SMILES string of the molecule is Brc1ccc(Oc2nc(-c3ccccn3)nc3ccccc23)cc1. The molecular formula is C19H12BrN3O. The Hall–Kier alpha value is -2.79. The number of aromatic nitrogens is 3. The second-order valence-corrected chi connectivity index (χ2v) is 6.06. The average molecular weight is 378 g/mol. The summed E-state index contributed by atoms with van der Waals surface area (Å²) in [5.41, 5.74) is 1.53. The summed E-state index contributed by atoms with van der Waals surface area (Å²) in [5, 5.41) is 0.861. The van der Waals surface area contributed by atoms with Crippen LogP contribution in [-0.2, 0) is 0 Å². The third kappa shape index (κ3) is 2.98. The van der Waals surface area contributed by atoms with Crippen LogP contribution in [0, 0.1) is 0 Å². The number of halogens is 1. The average Bonchev–Trinajstić information content (AvgIpc) is 2.64. The van der Waals surface area contributed by atoms with Gasteiger partial charge in [-0.2, -0.15) is 4.98 Å². The quantitative estimate of drug-likeness (QED) is 0.489. The smallest absolute Gasteiger partial charge is 0.230 e. The lowest BCUT2D eigenvalue weighted by molar-refractivity contribution is 0.469. The molecule has 0 bridgehead atoms. The van der Waals surface area contributed by atoms with Crippen LogP contribution < -0.4 is 4.74 Å². The van der Waals surface area contributed by atoms with E-state index in [2.05, 4.69) is 30.9 Å². The molecule has 0 amide bonds. The lowest BCUT2D eigenvalue weighted by Gasteiger charge is -2.10. The second-order valence-electron chi connectivity index (χ2n) is 5.14. The Morgan fingerprint density at radius 2 is 1.58 bits per heavy atom. The first-order valence-electron chi connectivity index (χ1n) is 7.41. The van der Waals surface area contributed by atoms with E-state index in [0.29, 0.717) is 23.1 Å². The van der Waals surface area contributed by atoms with Crippen molar-refractivity contribution >= 4 is 26.8 Å². The number of hydrogen-bond acceptors (Lipinski definition) is 4. The van der Waals surface area contributed by atoms with Crippen molar-refractivity contribution in [2.75, 3.05) is 0 Å². The summed E-state index contributed by atoms with van der Waals surface area (Å²) in [4.78, 5) is 13.5. The zero-order valence-electron chi connectivity index (χ0n) is 12.6. The van der Waals surface area contributed by atoms with E-state index in [-0.39, 0.29) is 0 Å². The summed E-state index contributed by atoms with van der Waals surface area (Å²) in [6.45, 7) is 0. The highest BCUT2D eigenvalue weighted by Crippen LogP contribution is 2.30. The summed E-state index contributed by atoms with van der Waals surface area (Å²) in [7, 11) is 0. The molecule has 0 spiro atoms. The fraction of sp³-hybridized carbons (Fsp3) is 0. The van der Waals surface area contributed by atoms with E-state index in [4.69, 9.17) is 4.74 Å². The minimum atomic E-state index is 0.517. The summed E-state index contributed by atoms with van der Waals surface area (Å²) in [5.74, 6) is 1.78. The Balaban J connectivity index is 1.85. The van der Waals surface area contributed by atoms with Crippen LogP contribution >= 0.6 is 15.9 Å². The van der Waals surface area contributed by atoms with Crippen LogP contribution in [0.1, 0.15) is 0 Å². The van der Waals surface area contributed by atoms with E-state index in [9.17, 15) is 0 Å². The number of fused-ring (bicyclic) bond motifs is 1. The van der Waals surface area contributed by atoms with E-state index in [0.717, 1.165) is 15.4 Å². The Morgan fingerprint density at radius 1 is 0.792 bits per heavy atom. The van der Waals surface area contributed by atoms with E-state index in [1.54, 1.807) is 6.20 Å². The molecule has 0 radical (unpaired) electrons. The predicted molar refractivity (Wildman–Crippen MR) is 97.0 cm³/mol. The number of para-hydroxylation sites is 1. The molecule has 5 heteroatoms. The highest BCUT2D eigenvalue weighted by Gasteiger charge is 2.11. The van der Waals surface area contributed by atoms with Crippen molar-refractivity contribution in [1.82, 2.24) is 15.0 Å². The Labute approximate surface area is 147 Å². The van der Waals surface area contributed by atoms with Gasteiger partial charge in [0, 0.05) is 10.7 Å². The minimum absolute atomic E-state index is 0.517. The monoisotopic (exact) mass is 377 g/mol. The van der Waals surface area contributed by atoms with Gasteiger partial charge in [-0.3, -0.25) is 4.98 Å². The number of pyridine rings is 1. The number of hydrogen-bond donors (Lipinski definition) is 0. The van der Waals surface area contributed by atoms with Gasteiger partial charge in [0.05, 0.1) is 10.9 Å². The summed E-state index contributed by atoms with van der Waals surface area (Å²) in [6, 6.07) is 21.1. The van der Waals surface area contributed by atoms with Gasteiger partial charge in [0.1, 0.15) is 11.4 Å². The Kier molecular flexibility index (Phi) is 3.92. The summed E-state index contributed by atoms with van der Waals surface area (Å²) < 4.78 is 7.01. The topological polar surface area (TPSA) is 47.9 Å². The summed E-state index contributed by atoms with van der Waals surface area (Å²) in [6.07, 6.45) is 1.73. The molecule has 0 aliphatic rings. The van der Waals surface area contributed by atoms with Crippen molar-refractivity contribution in [3.8, 4) is 23.1 Å². The first-order chi connectivity index (χ1) is 11.8. The second kappa shape index (κ2) is 6.37. The van der Waals surface area contributed by atoms with Crippen LogP contribution in [0.25, 0.3) is 22.4 Å². The van der Waals surface area contributed by atoms with Gasteiger partial charge in [0.25, 0.3) is 0 Å². The number of ether oxygens (including phenoxy) is 1. The van der Waals surface area contributed by atoms with Crippen molar-refractivity contribution in [2.24, 2.45) is 0 Å². The van der Waals surface area contributed by atoms with Crippen molar-refractivity contribution in [2.45, 2.75) is 0 Å². The third-order valence-electron chi connectivity index (χ3n) is 3.49. The Bertz CT molecular complexity index is 988. The van der Waals surface area contributed by atoms with Gasteiger partial charge in [-0.25, -0.2) is 4.98 Å². The maximum absolute atomic E-state index is 6.01. The largest absolute Gasteiger partial charge is 0.438 e. The zero-order chi connectivity index (χ0) is 16.4. The lowest BCUT2D eigenvalue weighted by atomic mass is 10.2. The highest BCUT2D eigenvalue weighted by atomic mass is 79.9. The fourth-order valence-electron chi connectivity index (χ4n) is 2.35. The molecule has 24 heavy (non-hydrogen) atoms. The van der Waals surface area contributed by atoms with Crippen molar-refractivity contribution < 1.29 is 4.74 Å². The van der Waals surface area contributed by atoms with Gasteiger partial charge in [0.2, 0.25) is 5.88 Å². The maximum atomic E-state index is 6.01. The first kappa shape index (κ1) is 14.8. The van der Waals surface area contributed by atoms with Crippen LogP contribution in [0.3, 0.4) is 0 Å². The van der Waals surface area contributed by atoms with Crippen LogP contribution in [-0.4, -0.2) is 15.0 Å². The lowest BCUT2D eigenvalue weighted by Crippen LogP contribution is -1.97. The van der Waals surface area contributed by atoms with Crippen molar-refractivity contribution in [3.63, 3.8) is 0 Å². The molecule has 4 nitrogen and oxygen atoms in total. The predicted octanol–water partition coefficient (Wildman–Crippen LogP) is 5.25. The number of nitrogens with zero attached hydrogens (tertiary/aromatic N) is 3. The molecule has 116 valence electrons. The molecule has 4 rings (SSSR count). The van der Waals surface area contributed by atoms with Crippen molar-refractivity contribution in [3.05, 3.63) is 77.4 Å². The van der Waals surface area contributed by atoms with Gasteiger partial charge in [-0.1, -0.05) is 34.1 Å². The molecule has 0 N–H and O–H groups in total. The summed E-state index contributed by atoms with van der Waals surface area (Å²) >= 11 is 3.42. The van der Waals surface area contributed by atoms with Crippen LogP contribution in [0.4, 0.5) is 0 Å². The van der Waals surface area contributed by atoms with Gasteiger partial charge in [-0.05, 0) is 48.5 Å². The van der Waals surface area contributed by atoms with E-state index in [1.165, 1.54) is 0 Å². The normalized spacial score (nSPS) is 10.7. The van der Waals surface area contributed by atoms with E-state index in [1.807, 2.05) is 66.7 Å². The third-order valence-corrected chi connectivity index (χ3v) is 4.02. The van der Waals surface area contributed by atoms with Crippen LogP contribution in [0.15, 0.2) is 77.4 Å². The van der Waals surface area contributed by atoms with Crippen molar-refractivity contribution in [1.29, 1.82) is 0 Å². The molecule has 0 aliphatic carbocycles. The molecule has 2 aromatic carbocycles. The van der Waals surface area contributed by atoms with Crippen LogP contribution in [0.2, 0.25) is 0 Å². The van der Waals surface area contributed by atoms with E-state index >= 15 is 0 Å². The number of rotatable bonds is 3. The van der Waals surface area contributed by atoms with Gasteiger partial charge >= 0.3 is 0 Å². The molecule has 2 aromatic heterocycles. The Morgan fingerprint density at radius 3 is 2.38 bits per heavy atom. The molecule has 0 fully saturated rings. The molecule has 0 aliphatic heterocycles.